The molecule has 0 aliphatic carbocycles. The molecular weight excluding hydrogens is 963 g/mol. The third-order valence-electron chi connectivity index (χ3n) is 14.5. The lowest BCUT2D eigenvalue weighted by molar-refractivity contribution is 1.07. The van der Waals surface area contributed by atoms with E-state index in [4.69, 9.17) is 29.9 Å². The molecule has 0 aliphatic rings. The Balaban J connectivity index is 0.942. The minimum atomic E-state index is 0.608. The van der Waals surface area contributed by atoms with Crippen LogP contribution < -0.4 is 0 Å². The molecule has 0 bridgehead atoms. The Morgan fingerprint density at radius 2 is 0.430 bits per heavy atom. The lowest BCUT2D eigenvalue weighted by Gasteiger charge is -2.15. The van der Waals surface area contributed by atoms with Gasteiger partial charge < -0.3 is 4.57 Å². The van der Waals surface area contributed by atoms with Gasteiger partial charge in [-0.1, -0.05) is 243 Å². The van der Waals surface area contributed by atoms with Gasteiger partial charge in [-0.3, -0.25) is 0 Å². The molecule has 3 aromatic heterocycles. The van der Waals surface area contributed by atoms with Crippen LogP contribution in [0.1, 0.15) is 0 Å². The van der Waals surface area contributed by atoms with E-state index in [2.05, 4.69) is 168 Å². The van der Waals surface area contributed by atoms with Gasteiger partial charge in [-0.25, -0.2) is 29.9 Å². The minimum absolute atomic E-state index is 0.608. The number of nitrogens with zero attached hydrogens (tertiary/aromatic N) is 7. The van der Waals surface area contributed by atoms with Crippen molar-refractivity contribution in [3.8, 4) is 119 Å². The van der Waals surface area contributed by atoms with E-state index in [1.807, 2.05) is 121 Å². The maximum Gasteiger partial charge on any atom is 0.164 e. The van der Waals surface area contributed by atoms with E-state index in [9.17, 15) is 0 Å². The van der Waals surface area contributed by atoms with Crippen LogP contribution in [0.15, 0.2) is 285 Å². The molecule has 370 valence electrons. The van der Waals surface area contributed by atoms with Gasteiger partial charge in [0, 0.05) is 49.8 Å². The third kappa shape index (κ3) is 9.32. The summed E-state index contributed by atoms with van der Waals surface area (Å²) >= 11 is 0. The predicted molar refractivity (Wildman–Crippen MR) is 322 cm³/mol. The van der Waals surface area contributed by atoms with Crippen LogP contribution >= 0.6 is 0 Å². The molecule has 0 fully saturated rings. The van der Waals surface area contributed by atoms with Crippen LogP contribution in [0, 0.1) is 0 Å². The SMILES string of the molecule is c1ccc(-c2cc(-c3ccccc3)cc(-n3c4cc(-c5cccc(-c6nc(-c7ccccc7)nc(-c7ccccc7)n6)c5)ccc4c4ccc(-c5cccc(-c6nc(-c7ccccc7)nc(-c7ccccc7)n6)c5)cc43)c2)cc1. The van der Waals surface area contributed by atoms with Gasteiger partial charge in [0.1, 0.15) is 0 Å². The maximum absolute atomic E-state index is 5.09. The summed E-state index contributed by atoms with van der Waals surface area (Å²) in [5.74, 6) is 3.71. The molecule has 0 saturated heterocycles. The average Bonchev–Trinajstić information content (AvgIpc) is 3.94. The summed E-state index contributed by atoms with van der Waals surface area (Å²) in [4.78, 5) is 30.3. The number of hydrogen-bond donors (Lipinski definition) is 0. The second-order valence-corrected chi connectivity index (χ2v) is 19.5. The van der Waals surface area contributed by atoms with Crippen molar-refractivity contribution in [2.24, 2.45) is 0 Å². The summed E-state index contributed by atoms with van der Waals surface area (Å²) in [6, 6.07) is 99.5. The van der Waals surface area contributed by atoms with Crippen molar-refractivity contribution in [2.45, 2.75) is 0 Å². The number of fused-ring (bicyclic) bond motifs is 3. The quantitative estimate of drug-likeness (QED) is 0.128. The summed E-state index contributed by atoms with van der Waals surface area (Å²) in [6.07, 6.45) is 0. The predicted octanol–water partition coefficient (Wildman–Crippen LogP) is 17.8. The van der Waals surface area contributed by atoms with E-state index in [1.54, 1.807) is 0 Å². The second-order valence-electron chi connectivity index (χ2n) is 19.5. The van der Waals surface area contributed by atoms with Crippen molar-refractivity contribution in [2.75, 3.05) is 0 Å². The molecule has 7 nitrogen and oxygen atoms in total. The highest BCUT2D eigenvalue weighted by Gasteiger charge is 2.20. The Kier molecular flexibility index (Phi) is 12.1. The zero-order chi connectivity index (χ0) is 52.5. The average molecular weight is 1010 g/mol. The molecule has 0 atom stereocenters. The van der Waals surface area contributed by atoms with Gasteiger partial charge in [-0.15, -0.1) is 0 Å². The summed E-state index contributed by atoms with van der Waals surface area (Å²) in [5, 5.41) is 2.29. The summed E-state index contributed by atoms with van der Waals surface area (Å²) in [5.41, 5.74) is 17.5. The first-order valence-corrected chi connectivity index (χ1v) is 26.4. The molecule has 0 spiro atoms. The van der Waals surface area contributed by atoms with Crippen LogP contribution in [0.3, 0.4) is 0 Å². The highest BCUT2D eigenvalue weighted by molar-refractivity contribution is 6.11. The van der Waals surface area contributed by atoms with Gasteiger partial charge in [0.2, 0.25) is 0 Å². The normalized spacial score (nSPS) is 11.3. The van der Waals surface area contributed by atoms with E-state index in [1.165, 1.54) is 0 Å². The van der Waals surface area contributed by atoms with E-state index in [0.29, 0.717) is 34.9 Å². The first-order chi connectivity index (χ1) is 39.1. The zero-order valence-electron chi connectivity index (χ0n) is 42.8. The van der Waals surface area contributed by atoms with Crippen LogP contribution in [0.4, 0.5) is 0 Å². The fourth-order valence-corrected chi connectivity index (χ4v) is 10.5. The molecule has 0 radical (unpaired) electrons. The van der Waals surface area contributed by atoms with Crippen molar-refractivity contribution in [1.29, 1.82) is 0 Å². The van der Waals surface area contributed by atoms with Gasteiger partial charge in [-0.2, -0.15) is 0 Å². The number of benzene rings is 11. The summed E-state index contributed by atoms with van der Waals surface area (Å²) < 4.78 is 2.44. The van der Waals surface area contributed by atoms with Crippen molar-refractivity contribution < 1.29 is 0 Å². The van der Waals surface area contributed by atoms with E-state index < -0.39 is 0 Å². The number of hydrogen-bond acceptors (Lipinski definition) is 6. The van der Waals surface area contributed by atoms with Crippen molar-refractivity contribution in [3.63, 3.8) is 0 Å². The van der Waals surface area contributed by atoms with E-state index in [-0.39, 0.29) is 0 Å². The Hall–Kier alpha value is -10.8. The maximum atomic E-state index is 5.09. The van der Waals surface area contributed by atoms with Crippen LogP contribution in [0.25, 0.3) is 140 Å². The van der Waals surface area contributed by atoms with Crippen LogP contribution in [-0.4, -0.2) is 34.5 Å². The van der Waals surface area contributed by atoms with Gasteiger partial charge in [0.05, 0.1) is 11.0 Å². The summed E-state index contributed by atoms with van der Waals surface area (Å²) in [6.45, 7) is 0. The molecule has 0 saturated carbocycles. The topological polar surface area (TPSA) is 82.3 Å². The van der Waals surface area contributed by atoms with Crippen molar-refractivity contribution in [3.05, 3.63) is 285 Å². The van der Waals surface area contributed by atoms with E-state index in [0.717, 1.165) is 105 Å². The minimum Gasteiger partial charge on any atom is -0.309 e. The molecule has 14 rings (SSSR count). The molecule has 14 aromatic rings. The van der Waals surface area contributed by atoms with Crippen LogP contribution in [0.2, 0.25) is 0 Å². The Morgan fingerprint density at radius 1 is 0.177 bits per heavy atom. The smallest absolute Gasteiger partial charge is 0.164 e. The molecule has 79 heavy (non-hydrogen) atoms. The molecular formula is C72H47N7. The monoisotopic (exact) mass is 1010 g/mol. The Bertz CT molecular complexity index is 4110. The van der Waals surface area contributed by atoms with Crippen LogP contribution in [0.5, 0.6) is 0 Å². The third-order valence-corrected chi connectivity index (χ3v) is 14.5. The van der Waals surface area contributed by atoms with Gasteiger partial charge in [0.15, 0.2) is 34.9 Å². The molecule has 0 amide bonds. The lowest BCUT2D eigenvalue weighted by atomic mass is 9.97. The van der Waals surface area contributed by atoms with Crippen molar-refractivity contribution >= 4 is 21.8 Å². The molecule has 11 aromatic carbocycles. The highest BCUT2D eigenvalue weighted by Crippen LogP contribution is 2.41. The van der Waals surface area contributed by atoms with Crippen LogP contribution in [-0.2, 0) is 0 Å². The van der Waals surface area contributed by atoms with Gasteiger partial charge in [0.25, 0.3) is 0 Å². The largest absolute Gasteiger partial charge is 0.309 e. The Morgan fingerprint density at radius 3 is 0.759 bits per heavy atom. The standard InChI is InChI=1S/C72H47N7/c1-7-21-48(22-8-1)60-43-61(49-23-9-2-10-24-49)45-62(44-60)79-65-46-56(54-33-19-35-58(41-54)71-75-67(50-25-11-3-12-26-50)73-68(76-71)51-27-13-4-14-28-51)37-39-63(65)64-40-38-57(47-66(64)79)55-34-20-36-59(42-55)72-77-69(52-29-15-5-16-30-52)74-70(78-72)53-31-17-6-18-32-53/h1-47H. The van der Waals surface area contributed by atoms with Crippen molar-refractivity contribution in [1.82, 2.24) is 34.5 Å². The second kappa shape index (κ2) is 20.4. The molecule has 7 heteroatoms. The van der Waals surface area contributed by atoms with E-state index >= 15 is 0 Å². The number of aromatic nitrogens is 7. The van der Waals surface area contributed by atoms with Gasteiger partial charge in [-0.05, 0) is 87.0 Å². The lowest BCUT2D eigenvalue weighted by Crippen LogP contribution is -2.00. The molecule has 0 aliphatic heterocycles. The highest BCUT2D eigenvalue weighted by atomic mass is 15.0. The molecule has 0 N–H and O–H groups in total. The fraction of sp³-hybridized carbons (Fsp3) is 0. The molecule has 0 unspecified atom stereocenters. The number of rotatable bonds is 11. The summed E-state index contributed by atoms with van der Waals surface area (Å²) in [7, 11) is 0. The molecule has 3 heterocycles. The zero-order valence-corrected chi connectivity index (χ0v) is 42.8. The Labute approximate surface area is 457 Å². The fourth-order valence-electron chi connectivity index (χ4n) is 10.5. The first-order valence-electron chi connectivity index (χ1n) is 26.4. The van der Waals surface area contributed by atoms with Gasteiger partial charge >= 0.3 is 0 Å². The first kappa shape index (κ1) is 46.7.